The first kappa shape index (κ1) is 14.0. The minimum absolute atomic E-state index is 0.857. The van der Waals surface area contributed by atoms with Crippen LogP contribution >= 0.6 is 15.9 Å². The van der Waals surface area contributed by atoms with E-state index in [4.69, 9.17) is 4.74 Å². The monoisotopic (exact) mass is 312 g/mol. The molecule has 3 nitrogen and oxygen atoms in total. The van der Waals surface area contributed by atoms with E-state index in [2.05, 4.69) is 44.3 Å². The van der Waals surface area contributed by atoms with Gasteiger partial charge in [-0.15, -0.1) is 0 Å². The lowest BCUT2D eigenvalue weighted by molar-refractivity contribution is 0.140. The summed E-state index contributed by atoms with van der Waals surface area (Å²) in [6.45, 7) is 5.84. The molecule has 1 aromatic rings. The van der Waals surface area contributed by atoms with Crippen molar-refractivity contribution >= 4 is 15.9 Å². The van der Waals surface area contributed by atoms with Crippen molar-refractivity contribution in [2.24, 2.45) is 0 Å². The zero-order chi connectivity index (χ0) is 12.8. The second-order valence-electron chi connectivity index (χ2n) is 4.70. The van der Waals surface area contributed by atoms with Crippen molar-refractivity contribution in [1.82, 2.24) is 10.2 Å². The molecule has 0 bridgehead atoms. The van der Waals surface area contributed by atoms with Gasteiger partial charge in [0, 0.05) is 37.3 Å². The molecule has 0 spiro atoms. The van der Waals surface area contributed by atoms with Crippen LogP contribution in [0.15, 0.2) is 22.7 Å². The summed E-state index contributed by atoms with van der Waals surface area (Å²) in [5.41, 5.74) is 2.67. The fourth-order valence-electron chi connectivity index (χ4n) is 2.23. The maximum absolute atomic E-state index is 5.48. The van der Waals surface area contributed by atoms with E-state index in [9.17, 15) is 0 Å². The number of halogens is 1. The van der Waals surface area contributed by atoms with Crippen molar-refractivity contribution in [3.8, 4) is 0 Å². The molecule has 0 unspecified atom stereocenters. The Morgan fingerprint density at radius 1 is 1.33 bits per heavy atom. The molecule has 0 radical (unpaired) electrons. The van der Waals surface area contributed by atoms with Gasteiger partial charge in [0.25, 0.3) is 0 Å². The van der Waals surface area contributed by atoms with Crippen molar-refractivity contribution in [1.29, 1.82) is 0 Å². The van der Waals surface area contributed by atoms with Gasteiger partial charge in [0.2, 0.25) is 0 Å². The van der Waals surface area contributed by atoms with Gasteiger partial charge < -0.3 is 10.1 Å². The van der Waals surface area contributed by atoms with E-state index in [0.29, 0.717) is 0 Å². The molecule has 18 heavy (non-hydrogen) atoms. The van der Waals surface area contributed by atoms with Crippen molar-refractivity contribution in [3.63, 3.8) is 0 Å². The predicted molar refractivity (Wildman–Crippen MR) is 77.6 cm³/mol. The first-order valence-corrected chi connectivity index (χ1v) is 7.31. The van der Waals surface area contributed by atoms with E-state index in [1.165, 1.54) is 15.6 Å². The number of hydrogen-bond donors (Lipinski definition) is 1. The Hall–Kier alpha value is -0.420. The lowest BCUT2D eigenvalue weighted by Gasteiger charge is -2.20. The highest BCUT2D eigenvalue weighted by Gasteiger charge is 2.11. The molecular formula is C14H21BrN2O. The lowest BCUT2D eigenvalue weighted by Crippen LogP contribution is -2.26. The largest absolute Gasteiger partial charge is 0.380 e. The molecule has 0 aromatic heterocycles. The van der Waals surface area contributed by atoms with Crippen molar-refractivity contribution in [2.75, 3.05) is 33.4 Å². The molecule has 0 atom stereocenters. The number of hydrogen-bond acceptors (Lipinski definition) is 3. The summed E-state index contributed by atoms with van der Waals surface area (Å²) in [6, 6.07) is 6.63. The Morgan fingerprint density at radius 2 is 2.22 bits per heavy atom. The molecule has 100 valence electrons. The molecule has 0 aliphatic carbocycles. The minimum Gasteiger partial charge on any atom is -0.380 e. The Bertz CT molecular complexity index is 376. The van der Waals surface area contributed by atoms with Crippen LogP contribution in [0.25, 0.3) is 0 Å². The molecule has 0 amide bonds. The summed E-state index contributed by atoms with van der Waals surface area (Å²) in [5.74, 6) is 0. The summed E-state index contributed by atoms with van der Waals surface area (Å²) in [6.07, 6.45) is 1.13. The van der Waals surface area contributed by atoms with Gasteiger partial charge in [-0.3, -0.25) is 4.90 Å². The molecule has 1 aromatic carbocycles. The van der Waals surface area contributed by atoms with Gasteiger partial charge in [0.15, 0.2) is 0 Å². The summed E-state index contributed by atoms with van der Waals surface area (Å²) in [4.78, 5) is 2.46. The molecule has 4 heteroatoms. The van der Waals surface area contributed by atoms with Gasteiger partial charge in [0.05, 0.1) is 6.61 Å². The van der Waals surface area contributed by atoms with Crippen molar-refractivity contribution in [2.45, 2.75) is 19.5 Å². The maximum atomic E-state index is 5.48. The second kappa shape index (κ2) is 7.24. The molecule has 1 heterocycles. The summed E-state index contributed by atoms with van der Waals surface area (Å²) >= 11 is 3.68. The lowest BCUT2D eigenvalue weighted by atomic mass is 10.1. The van der Waals surface area contributed by atoms with Crippen LogP contribution in [0.1, 0.15) is 17.5 Å². The third kappa shape index (κ3) is 4.05. The smallest absolute Gasteiger partial charge is 0.0593 e. The highest BCUT2D eigenvalue weighted by Crippen LogP contribution is 2.20. The predicted octanol–water partition coefficient (Wildman–Crippen LogP) is 2.39. The molecule has 1 aliphatic heterocycles. The van der Waals surface area contributed by atoms with Gasteiger partial charge in [0.1, 0.15) is 0 Å². The Balaban J connectivity index is 1.99. The van der Waals surface area contributed by atoms with Crippen molar-refractivity contribution in [3.05, 3.63) is 33.8 Å². The number of rotatable bonds is 4. The fourth-order valence-corrected chi connectivity index (χ4v) is 2.78. The highest BCUT2D eigenvalue weighted by atomic mass is 79.9. The van der Waals surface area contributed by atoms with Crippen LogP contribution in [0.2, 0.25) is 0 Å². The fraction of sp³-hybridized carbons (Fsp3) is 0.571. The maximum Gasteiger partial charge on any atom is 0.0593 e. The molecular weight excluding hydrogens is 292 g/mol. The van der Waals surface area contributed by atoms with Crippen LogP contribution < -0.4 is 5.32 Å². The first-order valence-electron chi connectivity index (χ1n) is 6.51. The van der Waals surface area contributed by atoms with Gasteiger partial charge in [-0.25, -0.2) is 0 Å². The average Bonchev–Trinajstić information content (AvgIpc) is 2.62. The molecule has 1 N–H and O–H groups in total. The van der Waals surface area contributed by atoms with E-state index in [1.54, 1.807) is 0 Å². The van der Waals surface area contributed by atoms with Gasteiger partial charge in [-0.1, -0.05) is 28.1 Å². The molecule has 1 aliphatic rings. The Kier molecular flexibility index (Phi) is 5.63. The normalized spacial score (nSPS) is 17.7. The second-order valence-corrected chi connectivity index (χ2v) is 5.55. The van der Waals surface area contributed by atoms with Gasteiger partial charge in [-0.05, 0) is 30.7 Å². The third-order valence-electron chi connectivity index (χ3n) is 3.21. The topological polar surface area (TPSA) is 24.5 Å². The highest BCUT2D eigenvalue weighted by molar-refractivity contribution is 9.10. The van der Waals surface area contributed by atoms with Crippen LogP contribution in [0, 0.1) is 0 Å². The quantitative estimate of drug-likeness (QED) is 0.924. The van der Waals surface area contributed by atoms with Crippen molar-refractivity contribution < 1.29 is 4.74 Å². The first-order chi connectivity index (χ1) is 8.79. The summed E-state index contributed by atoms with van der Waals surface area (Å²) in [5, 5.41) is 3.17. The van der Waals surface area contributed by atoms with Crippen LogP contribution in [0.4, 0.5) is 0 Å². The minimum atomic E-state index is 0.857. The van der Waals surface area contributed by atoms with E-state index in [1.807, 2.05) is 7.05 Å². The summed E-state index contributed by atoms with van der Waals surface area (Å²) < 4.78 is 6.69. The number of ether oxygens (including phenoxy) is 1. The standard InChI is InChI=1S/C14H21BrN2O/c1-16-10-12-3-4-13(14(15)9-12)11-17-5-2-7-18-8-6-17/h3-4,9,16H,2,5-8,10-11H2,1H3. The van der Waals surface area contributed by atoms with Gasteiger partial charge in [-0.2, -0.15) is 0 Å². The Morgan fingerprint density at radius 3 is 3.00 bits per heavy atom. The van der Waals surface area contributed by atoms with Gasteiger partial charge >= 0.3 is 0 Å². The summed E-state index contributed by atoms with van der Waals surface area (Å²) in [7, 11) is 1.97. The van der Waals surface area contributed by atoms with E-state index in [-0.39, 0.29) is 0 Å². The van der Waals surface area contributed by atoms with E-state index in [0.717, 1.165) is 45.8 Å². The van der Waals surface area contributed by atoms with Crippen LogP contribution in [-0.2, 0) is 17.8 Å². The molecule has 1 fully saturated rings. The average molecular weight is 313 g/mol. The van der Waals surface area contributed by atoms with E-state index < -0.39 is 0 Å². The number of benzene rings is 1. The zero-order valence-electron chi connectivity index (χ0n) is 10.9. The SMILES string of the molecule is CNCc1ccc(CN2CCCOCC2)c(Br)c1. The van der Waals surface area contributed by atoms with Crippen LogP contribution in [0.3, 0.4) is 0 Å². The zero-order valence-corrected chi connectivity index (χ0v) is 12.5. The number of nitrogens with one attached hydrogen (secondary N) is 1. The van der Waals surface area contributed by atoms with E-state index >= 15 is 0 Å². The number of nitrogens with zero attached hydrogens (tertiary/aromatic N) is 1. The molecule has 2 rings (SSSR count). The molecule has 1 saturated heterocycles. The van der Waals surface area contributed by atoms with Crippen LogP contribution in [-0.4, -0.2) is 38.3 Å². The molecule has 0 saturated carbocycles. The van der Waals surface area contributed by atoms with Crippen LogP contribution in [0.5, 0.6) is 0 Å². The third-order valence-corrected chi connectivity index (χ3v) is 3.95. The Labute approximate surface area is 118 Å².